The van der Waals surface area contributed by atoms with Gasteiger partial charge < -0.3 is 14.5 Å². The Balaban J connectivity index is 0.00000288. The van der Waals surface area contributed by atoms with Crippen molar-refractivity contribution < 1.29 is 9.66 Å². The molecule has 1 heterocycles. The molecule has 6 nitrogen and oxygen atoms in total. The normalized spacial score (nSPS) is 15.8. The van der Waals surface area contributed by atoms with Crippen molar-refractivity contribution in [2.75, 3.05) is 45.9 Å². The molecule has 0 aromatic heterocycles. The van der Waals surface area contributed by atoms with Crippen molar-refractivity contribution in [3.05, 3.63) is 33.9 Å². The van der Waals surface area contributed by atoms with Gasteiger partial charge in [-0.15, -0.1) is 12.4 Å². The molecule has 1 aliphatic heterocycles. The summed E-state index contributed by atoms with van der Waals surface area (Å²) in [5.41, 5.74) is 0.782. The van der Waals surface area contributed by atoms with E-state index in [0.717, 1.165) is 39.0 Å². The third-order valence-electron chi connectivity index (χ3n) is 4.41. The van der Waals surface area contributed by atoms with Crippen LogP contribution in [0.4, 0.5) is 5.69 Å². The first kappa shape index (κ1) is 20.7. The molecule has 0 amide bonds. The molecule has 0 aliphatic carbocycles. The molecule has 0 spiro atoms. The molecule has 0 unspecified atom stereocenters. The second-order valence-electron chi connectivity index (χ2n) is 6.04. The average Bonchev–Trinajstić information content (AvgIpc) is 2.55. The number of nitro groups is 1. The van der Waals surface area contributed by atoms with Crippen LogP contribution in [0.3, 0.4) is 0 Å². The third kappa shape index (κ3) is 6.26. The molecule has 0 saturated carbocycles. The first-order valence-electron chi connectivity index (χ1n) is 8.42. The number of unbranched alkanes of at least 4 members (excludes halogenated alkanes) is 1. The van der Waals surface area contributed by atoms with Crippen LogP contribution in [0.2, 0.25) is 0 Å². The van der Waals surface area contributed by atoms with E-state index in [1.54, 1.807) is 19.1 Å². The highest BCUT2D eigenvalue weighted by Gasteiger charge is 2.14. The van der Waals surface area contributed by atoms with Gasteiger partial charge in [-0.25, -0.2) is 0 Å². The van der Waals surface area contributed by atoms with Gasteiger partial charge >= 0.3 is 0 Å². The maximum absolute atomic E-state index is 10.8. The Labute approximate surface area is 150 Å². The van der Waals surface area contributed by atoms with Crippen molar-refractivity contribution in [3.63, 3.8) is 0 Å². The second-order valence-corrected chi connectivity index (χ2v) is 6.04. The van der Waals surface area contributed by atoms with Gasteiger partial charge in [-0.1, -0.05) is 6.92 Å². The lowest BCUT2D eigenvalue weighted by Gasteiger charge is -2.33. The summed E-state index contributed by atoms with van der Waals surface area (Å²) >= 11 is 0. The van der Waals surface area contributed by atoms with Crippen LogP contribution in [0.25, 0.3) is 0 Å². The van der Waals surface area contributed by atoms with Crippen molar-refractivity contribution in [1.29, 1.82) is 0 Å². The lowest BCUT2D eigenvalue weighted by atomic mass is 10.2. The fourth-order valence-corrected chi connectivity index (χ4v) is 2.88. The fraction of sp³-hybridized carbons (Fsp3) is 0.647. The Kier molecular flexibility index (Phi) is 9.03. The van der Waals surface area contributed by atoms with Crippen LogP contribution in [0.1, 0.15) is 25.3 Å². The Morgan fingerprint density at radius 1 is 1.17 bits per heavy atom. The number of nitrogens with zero attached hydrogens (tertiary/aromatic N) is 3. The molecule has 136 valence electrons. The van der Waals surface area contributed by atoms with Crippen LogP contribution in [-0.2, 0) is 0 Å². The van der Waals surface area contributed by atoms with Crippen LogP contribution >= 0.6 is 12.4 Å². The average molecular weight is 358 g/mol. The van der Waals surface area contributed by atoms with Crippen LogP contribution < -0.4 is 4.74 Å². The summed E-state index contributed by atoms with van der Waals surface area (Å²) in [4.78, 5) is 15.4. The van der Waals surface area contributed by atoms with Gasteiger partial charge in [0.2, 0.25) is 0 Å². The molecule has 24 heavy (non-hydrogen) atoms. The number of hydrogen-bond acceptors (Lipinski definition) is 5. The molecular formula is C17H28ClN3O3. The number of hydrogen-bond donors (Lipinski definition) is 0. The number of piperazine rings is 1. The Bertz CT molecular complexity index is 520. The van der Waals surface area contributed by atoms with Crippen molar-refractivity contribution in [3.8, 4) is 5.75 Å². The summed E-state index contributed by atoms with van der Waals surface area (Å²) in [6, 6.07) is 4.93. The Hall–Kier alpha value is -1.37. The molecule has 1 fully saturated rings. The highest BCUT2D eigenvalue weighted by molar-refractivity contribution is 5.85. The Morgan fingerprint density at radius 3 is 2.42 bits per heavy atom. The predicted molar refractivity (Wildman–Crippen MR) is 98.4 cm³/mol. The van der Waals surface area contributed by atoms with Gasteiger partial charge in [0.15, 0.2) is 0 Å². The zero-order valence-corrected chi connectivity index (χ0v) is 15.4. The molecule has 7 heteroatoms. The van der Waals surface area contributed by atoms with E-state index >= 15 is 0 Å². The molecule has 1 saturated heterocycles. The molecule has 0 bridgehead atoms. The zero-order chi connectivity index (χ0) is 16.7. The summed E-state index contributed by atoms with van der Waals surface area (Å²) in [6.45, 7) is 11.6. The molecule has 1 aliphatic rings. The van der Waals surface area contributed by atoms with E-state index in [9.17, 15) is 10.1 Å². The maximum atomic E-state index is 10.8. The summed E-state index contributed by atoms with van der Waals surface area (Å²) in [5, 5.41) is 10.8. The number of rotatable bonds is 8. The van der Waals surface area contributed by atoms with E-state index in [1.165, 1.54) is 19.2 Å². The number of nitro benzene ring substituents is 1. The summed E-state index contributed by atoms with van der Waals surface area (Å²) < 4.78 is 5.70. The van der Waals surface area contributed by atoms with Crippen LogP contribution in [0.5, 0.6) is 5.75 Å². The molecular weight excluding hydrogens is 330 g/mol. The van der Waals surface area contributed by atoms with Crippen molar-refractivity contribution in [2.24, 2.45) is 0 Å². The number of halogens is 1. The summed E-state index contributed by atoms with van der Waals surface area (Å²) in [5.74, 6) is 0.713. The van der Waals surface area contributed by atoms with Gasteiger partial charge in [-0.3, -0.25) is 10.1 Å². The molecule has 0 atom stereocenters. The van der Waals surface area contributed by atoms with Gasteiger partial charge in [0, 0.05) is 37.8 Å². The fourth-order valence-electron chi connectivity index (χ4n) is 2.88. The first-order chi connectivity index (χ1) is 11.1. The van der Waals surface area contributed by atoms with Gasteiger partial charge in [-0.2, -0.15) is 0 Å². The molecule has 0 radical (unpaired) electrons. The molecule has 2 rings (SSSR count). The standard InChI is InChI=1S/C17H27N3O3.ClH/c1-3-18-9-11-19(12-10-18)8-4-5-13-23-16-6-7-17(20(21)22)15(2)14-16;/h6-7,14H,3-5,8-13H2,1-2H3;1H. The van der Waals surface area contributed by atoms with Crippen LogP contribution in [0.15, 0.2) is 18.2 Å². The van der Waals surface area contributed by atoms with Crippen LogP contribution in [0, 0.1) is 17.0 Å². The van der Waals surface area contributed by atoms with Gasteiger partial charge in [-0.05, 0) is 45.0 Å². The van der Waals surface area contributed by atoms with Gasteiger partial charge in [0.1, 0.15) is 5.75 Å². The topological polar surface area (TPSA) is 58.8 Å². The summed E-state index contributed by atoms with van der Waals surface area (Å²) in [7, 11) is 0. The molecule has 1 aromatic rings. The second kappa shape index (κ2) is 10.5. The van der Waals surface area contributed by atoms with Crippen molar-refractivity contribution in [1.82, 2.24) is 9.80 Å². The van der Waals surface area contributed by atoms with Crippen molar-refractivity contribution in [2.45, 2.75) is 26.7 Å². The van der Waals surface area contributed by atoms with Crippen LogP contribution in [-0.4, -0.2) is 60.6 Å². The highest BCUT2D eigenvalue weighted by Crippen LogP contribution is 2.23. The zero-order valence-electron chi connectivity index (χ0n) is 14.6. The van der Waals surface area contributed by atoms with Gasteiger partial charge in [0.25, 0.3) is 5.69 Å². The lowest BCUT2D eigenvalue weighted by Crippen LogP contribution is -2.46. The molecule has 1 aromatic carbocycles. The van der Waals surface area contributed by atoms with Gasteiger partial charge in [0.05, 0.1) is 11.5 Å². The van der Waals surface area contributed by atoms with E-state index in [-0.39, 0.29) is 23.0 Å². The monoisotopic (exact) mass is 357 g/mol. The first-order valence-corrected chi connectivity index (χ1v) is 8.42. The van der Waals surface area contributed by atoms with E-state index in [1.807, 2.05) is 0 Å². The van der Waals surface area contributed by atoms with E-state index in [2.05, 4.69) is 16.7 Å². The number of aryl methyl sites for hydroxylation is 1. The predicted octanol–water partition coefficient (Wildman–Crippen LogP) is 3.12. The summed E-state index contributed by atoms with van der Waals surface area (Å²) in [6.07, 6.45) is 2.13. The highest BCUT2D eigenvalue weighted by atomic mass is 35.5. The minimum atomic E-state index is -0.364. The number of benzene rings is 1. The third-order valence-corrected chi connectivity index (χ3v) is 4.41. The van der Waals surface area contributed by atoms with E-state index in [0.29, 0.717) is 17.9 Å². The number of ether oxygens (including phenoxy) is 1. The van der Waals surface area contributed by atoms with Crippen molar-refractivity contribution >= 4 is 18.1 Å². The molecule has 0 N–H and O–H groups in total. The van der Waals surface area contributed by atoms with E-state index in [4.69, 9.17) is 4.74 Å². The number of likely N-dealkylation sites (N-methyl/N-ethyl adjacent to an activating group) is 1. The minimum absolute atomic E-state index is 0. The quantitative estimate of drug-likeness (QED) is 0.406. The minimum Gasteiger partial charge on any atom is -0.494 e. The smallest absolute Gasteiger partial charge is 0.272 e. The SMILES string of the molecule is CCN1CCN(CCCCOc2ccc([N+](=O)[O-])c(C)c2)CC1.Cl. The lowest BCUT2D eigenvalue weighted by molar-refractivity contribution is -0.385. The van der Waals surface area contributed by atoms with E-state index < -0.39 is 0 Å². The Morgan fingerprint density at radius 2 is 1.83 bits per heavy atom. The largest absolute Gasteiger partial charge is 0.494 e. The maximum Gasteiger partial charge on any atom is 0.272 e.